The molecule has 0 aliphatic carbocycles. The Kier molecular flexibility index (Phi) is 2.94. The molecule has 0 spiro atoms. The Labute approximate surface area is 114 Å². The van der Waals surface area contributed by atoms with Crippen LogP contribution in [0, 0.1) is 6.92 Å². The molecule has 1 heterocycles. The standard InChI is InChI=1S/C17H20N2/c1-3-13-6-4-5-12(2)17(13)19-10-14-7-8-16(18)9-15(14)11-19/h4-9H,3,10-11,18H2,1-2H3. The molecule has 3 rings (SSSR count). The summed E-state index contributed by atoms with van der Waals surface area (Å²) in [5.74, 6) is 0. The quantitative estimate of drug-likeness (QED) is 0.826. The highest BCUT2D eigenvalue weighted by molar-refractivity contribution is 5.62. The van der Waals surface area contributed by atoms with Crippen LogP contribution in [0.4, 0.5) is 11.4 Å². The fraction of sp³-hybridized carbons (Fsp3) is 0.294. The first kappa shape index (κ1) is 12.1. The van der Waals surface area contributed by atoms with E-state index in [4.69, 9.17) is 5.73 Å². The van der Waals surface area contributed by atoms with Crippen molar-refractivity contribution >= 4 is 11.4 Å². The molecular formula is C17H20N2. The smallest absolute Gasteiger partial charge is 0.0437 e. The van der Waals surface area contributed by atoms with Gasteiger partial charge >= 0.3 is 0 Å². The van der Waals surface area contributed by atoms with E-state index in [9.17, 15) is 0 Å². The summed E-state index contributed by atoms with van der Waals surface area (Å²) in [6.45, 7) is 6.39. The lowest BCUT2D eigenvalue weighted by Crippen LogP contribution is -2.17. The highest BCUT2D eigenvalue weighted by Gasteiger charge is 2.22. The Morgan fingerprint density at radius 3 is 2.68 bits per heavy atom. The number of benzene rings is 2. The molecule has 0 unspecified atom stereocenters. The second-order valence-corrected chi connectivity index (χ2v) is 5.32. The molecule has 0 bridgehead atoms. The third-order valence-electron chi connectivity index (χ3n) is 3.97. The van der Waals surface area contributed by atoms with E-state index in [0.717, 1.165) is 25.2 Å². The Hall–Kier alpha value is -1.96. The molecule has 0 saturated heterocycles. The molecule has 19 heavy (non-hydrogen) atoms. The van der Waals surface area contributed by atoms with Crippen molar-refractivity contribution in [1.82, 2.24) is 0 Å². The lowest BCUT2D eigenvalue weighted by Gasteiger charge is -2.23. The number of aryl methyl sites for hydroxylation is 2. The summed E-state index contributed by atoms with van der Waals surface area (Å²) < 4.78 is 0. The zero-order valence-electron chi connectivity index (χ0n) is 11.6. The SMILES string of the molecule is CCc1cccc(C)c1N1Cc2ccc(N)cc2C1. The number of hydrogen-bond donors (Lipinski definition) is 1. The lowest BCUT2D eigenvalue weighted by molar-refractivity contribution is 0.862. The van der Waals surface area contributed by atoms with Crippen LogP contribution in [0.25, 0.3) is 0 Å². The molecule has 2 nitrogen and oxygen atoms in total. The van der Waals surface area contributed by atoms with Gasteiger partial charge in [0.1, 0.15) is 0 Å². The number of nitrogens with two attached hydrogens (primary N) is 1. The van der Waals surface area contributed by atoms with E-state index < -0.39 is 0 Å². The van der Waals surface area contributed by atoms with Gasteiger partial charge in [-0.25, -0.2) is 0 Å². The average molecular weight is 252 g/mol. The number of rotatable bonds is 2. The van der Waals surface area contributed by atoms with Gasteiger partial charge in [-0.2, -0.15) is 0 Å². The van der Waals surface area contributed by atoms with Gasteiger partial charge in [-0.1, -0.05) is 31.2 Å². The summed E-state index contributed by atoms with van der Waals surface area (Å²) >= 11 is 0. The maximum Gasteiger partial charge on any atom is 0.0437 e. The third kappa shape index (κ3) is 2.07. The summed E-state index contributed by atoms with van der Waals surface area (Å²) in [5.41, 5.74) is 13.7. The average Bonchev–Trinajstić information content (AvgIpc) is 2.80. The summed E-state index contributed by atoms with van der Waals surface area (Å²) in [7, 11) is 0. The molecule has 2 heteroatoms. The zero-order valence-corrected chi connectivity index (χ0v) is 11.6. The van der Waals surface area contributed by atoms with Crippen molar-refractivity contribution in [3.05, 3.63) is 58.7 Å². The minimum Gasteiger partial charge on any atom is -0.399 e. The van der Waals surface area contributed by atoms with Gasteiger partial charge in [0.15, 0.2) is 0 Å². The van der Waals surface area contributed by atoms with Crippen molar-refractivity contribution in [2.24, 2.45) is 0 Å². The van der Waals surface area contributed by atoms with Crippen molar-refractivity contribution in [2.75, 3.05) is 10.6 Å². The van der Waals surface area contributed by atoms with E-state index in [1.165, 1.54) is 27.9 Å². The number of nitrogen functional groups attached to an aromatic ring is 1. The van der Waals surface area contributed by atoms with Gasteiger partial charge in [0, 0.05) is 24.5 Å². The normalized spacial score (nSPS) is 13.7. The van der Waals surface area contributed by atoms with E-state index in [0.29, 0.717) is 0 Å². The van der Waals surface area contributed by atoms with E-state index in [1.54, 1.807) is 0 Å². The first-order valence-corrected chi connectivity index (χ1v) is 6.89. The Balaban J connectivity index is 1.99. The van der Waals surface area contributed by atoms with Crippen molar-refractivity contribution in [2.45, 2.75) is 33.4 Å². The van der Waals surface area contributed by atoms with Gasteiger partial charge in [-0.05, 0) is 47.7 Å². The van der Waals surface area contributed by atoms with Gasteiger partial charge in [0.05, 0.1) is 0 Å². The molecule has 2 aromatic carbocycles. The van der Waals surface area contributed by atoms with Gasteiger partial charge in [-0.15, -0.1) is 0 Å². The van der Waals surface area contributed by atoms with Gasteiger partial charge in [0.2, 0.25) is 0 Å². The Bertz CT molecular complexity index is 617. The molecule has 2 N–H and O–H groups in total. The molecule has 0 aromatic heterocycles. The summed E-state index contributed by atoms with van der Waals surface area (Å²) in [4.78, 5) is 2.47. The third-order valence-corrected chi connectivity index (χ3v) is 3.97. The van der Waals surface area contributed by atoms with E-state index in [1.807, 2.05) is 6.07 Å². The maximum atomic E-state index is 5.88. The van der Waals surface area contributed by atoms with Crippen molar-refractivity contribution < 1.29 is 0 Å². The molecule has 2 aromatic rings. The fourth-order valence-electron chi connectivity index (χ4n) is 3.03. The fourth-order valence-corrected chi connectivity index (χ4v) is 3.03. The van der Waals surface area contributed by atoms with Crippen LogP contribution in [0.1, 0.15) is 29.2 Å². The van der Waals surface area contributed by atoms with Crippen molar-refractivity contribution in [3.63, 3.8) is 0 Å². The first-order valence-electron chi connectivity index (χ1n) is 6.89. The van der Waals surface area contributed by atoms with Crippen molar-refractivity contribution in [1.29, 1.82) is 0 Å². The molecular weight excluding hydrogens is 232 g/mol. The molecule has 1 aliphatic heterocycles. The Morgan fingerprint density at radius 1 is 1.11 bits per heavy atom. The summed E-state index contributed by atoms with van der Waals surface area (Å²) in [6, 6.07) is 12.9. The largest absolute Gasteiger partial charge is 0.399 e. The topological polar surface area (TPSA) is 29.3 Å². The van der Waals surface area contributed by atoms with Crippen LogP contribution in [0.15, 0.2) is 36.4 Å². The van der Waals surface area contributed by atoms with Gasteiger partial charge in [0.25, 0.3) is 0 Å². The number of hydrogen-bond acceptors (Lipinski definition) is 2. The zero-order chi connectivity index (χ0) is 13.4. The van der Waals surface area contributed by atoms with Crippen molar-refractivity contribution in [3.8, 4) is 0 Å². The van der Waals surface area contributed by atoms with E-state index >= 15 is 0 Å². The summed E-state index contributed by atoms with van der Waals surface area (Å²) in [5, 5.41) is 0. The molecule has 98 valence electrons. The molecule has 0 fully saturated rings. The predicted molar refractivity (Wildman–Crippen MR) is 81.3 cm³/mol. The van der Waals surface area contributed by atoms with Crippen LogP contribution >= 0.6 is 0 Å². The van der Waals surface area contributed by atoms with E-state index in [2.05, 4.69) is 49.1 Å². The molecule has 0 atom stereocenters. The molecule has 1 aliphatic rings. The van der Waals surface area contributed by atoms with Crippen LogP contribution in [0.5, 0.6) is 0 Å². The highest BCUT2D eigenvalue weighted by Crippen LogP contribution is 2.34. The maximum absolute atomic E-state index is 5.88. The monoisotopic (exact) mass is 252 g/mol. The summed E-state index contributed by atoms with van der Waals surface area (Å²) in [6.07, 6.45) is 1.08. The van der Waals surface area contributed by atoms with Gasteiger partial charge < -0.3 is 10.6 Å². The lowest BCUT2D eigenvalue weighted by atomic mass is 10.0. The molecule has 0 radical (unpaired) electrons. The Morgan fingerprint density at radius 2 is 1.89 bits per heavy atom. The predicted octanol–water partition coefficient (Wildman–Crippen LogP) is 3.66. The minimum absolute atomic E-state index is 0.862. The number of para-hydroxylation sites is 1. The second kappa shape index (κ2) is 4.61. The minimum atomic E-state index is 0.862. The number of fused-ring (bicyclic) bond motifs is 1. The number of anilines is 2. The molecule has 0 amide bonds. The van der Waals surface area contributed by atoms with Crippen LogP contribution < -0.4 is 10.6 Å². The first-order chi connectivity index (χ1) is 9.19. The van der Waals surface area contributed by atoms with Crippen LogP contribution in [-0.2, 0) is 19.5 Å². The van der Waals surface area contributed by atoms with Crippen LogP contribution in [0.3, 0.4) is 0 Å². The van der Waals surface area contributed by atoms with Crippen LogP contribution in [-0.4, -0.2) is 0 Å². The van der Waals surface area contributed by atoms with Gasteiger partial charge in [-0.3, -0.25) is 0 Å². The second-order valence-electron chi connectivity index (χ2n) is 5.32. The molecule has 0 saturated carbocycles. The number of nitrogens with zero attached hydrogens (tertiary/aromatic N) is 1. The van der Waals surface area contributed by atoms with E-state index in [-0.39, 0.29) is 0 Å². The van der Waals surface area contributed by atoms with Crippen LogP contribution in [0.2, 0.25) is 0 Å². The highest BCUT2D eigenvalue weighted by atomic mass is 15.1.